The molecule has 2 N–H and O–H groups in total. The van der Waals surface area contributed by atoms with E-state index < -0.39 is 28.5 Å². The first-order valence-electron chi connectivity index (χ1n) is 7.93. The maximum atomic E-state index is 13.3. The number of nitrogens with one attached hydrogen (secondary N) is 2. The summed E-state index contributed by atoms with van der Waals surface area (Å²) in [5.74, 6) is -2.39. The second-order valence-corrected chi connectivity index (χ2v) is 6.04. The first kappa shape index (κ1) is 19.5. The SMILES string of the molecule is Cc1cc(NC(=O)CN[C@@H](C)c2ccc(F)c(F)c2)c([N+](=O)[O-])cc1C. The molecule has 0 saturated carbocycles. The van der Waals surface area contributed by atoms with Crippen LogP contribution in [0.3, 0.4) is 0 Å². The maximum absolute atomic E-state index is 13.3. The van der Waals surface area contributed by atoms with Crippen LogP contribution in [0.5, 0.6) is 0 Å². The fraction of sp³-hybridized carbons (Fsp3) is 0.278. The third-order valence-electron chi connectivity index (χ3n) is 4.10. The van der Waals surface area contributed by atoms with E-state index in [1.165, 1.54) is 12.1 Å². The predicted octanol–water partition coefficient (Wildman–Crippen LogP) is 3.78. The normalized spacial score (nSPS) is 11.9. The standard InChI is InChI=1S/C18H19F2N3O3/c1-10-6-16(17(23(25)26)7-11(10)2)22-18(24)9-21-12(3)13-4-5-14(19)15(20)8-13/h4-8,12,21H,9H2,1-3H3,(H,22,24)/t12-/m0/s1. The third kappa shape index (κ3) is 4.60. The van der Waals surface area contributed by atoms with E-state index in [0.29, 0.717) is 5.56 Å². The lowest BCUT2D eigenvalue weighted by Gasteiger charge is -2.15. The molecule has 26 heavy (non-hydrogen) atoms. The van der Waals surface area contributed by atoms with Gasteiger partial charge in [0.05, 0.1) is 11.5 Å². The molecule has 0 saturated heterocycles. The number of carbonyl (C=O) groups excluding carboxylic acids is 1. The van der Waals surface area contributed by atoms with Crippen LogP contribution in [-0.4, -0.2) is 17.4 Å². The Bertz CT molecular complexity index is 856. The third-order valence-corrected chi connectivity index (χ3v) is 4.10. The average molecular weight is 363 g/mol. The lowest BCUT2D eigenvalue weighted by molar-refractivity contribution is -0.384. The Kier molecular flexibility index (Phi) is 5.99. The van der Waals surface area contributed by atoms with Crippen molar-refractivity contribution < 1.29 is 18.5 Å². The van der Waals surface area contributed by atoms with E-state index in [1.807, 2.05) is 0 Å². The van der Waals surface area contributed by atoms with E-state index in [0.717, 1.165) is 23.3 Å². The lowest BCUT2D eigenvalue weighted by Crippen LogP contribution is -2.30. The molecule has 2 aromatic rings. The van der Waals surface area contributed by atoms with Crippen LogP contribution in [0.4, 0.5) is 20.2 Å². The highest BCUT2D eigenvalue weighted by atomic mass is 19.2. The molecule has 0 aliphatic rings. The first-order valence-corrected chi connectivity index (χ1v) is 7.93. The Morgan fingerprint density at radius 1 is 1.15 bits per heavy atom. The minimum Gasteiger partial charge on any atom is -0.319 e. The minimum atomic E-state index is -0.966. The van der Waals surface area contributed by atoms with Gasteiger partial charge < -0.3 is 10.6 Å². The number of rotatable bonds is 6. The molecule has 1 atom stereocenters. The highest BCUT2D eigenvalue weighted by Crippen LogP contribution is 2.27. The molecular weight excluding hydrogens is 344 g/mol. The molecule has 138 valence electrons. The van der Waals surface area contributed by atoms with Crippen molar-refractivity contribution in [3.63, 3.8) is 0 Å². The smallest absolute Gasteiger partial charge is 0.293 e. The molecular formula is C18H19F2N3O3. The van der Waals surface area contributed by atoms with Crippen molar-refractivity contribution >= 4 is 17.3 Å². The Hall–Kier alpha value is -2.87. The summed E-state index contributed by atoms with van der Waals surface area (Å²) < 4.78 is 26.2. The van der Waals surface area contributed by atoms with Gasteiger partial charge in [-0.2, -0.15) is 0 Å². The summed E-state index contributed by atoms with van der Waals surface area (Å²) in [6, 6.07) is 6.03. The number of halogens is 2. The van der Waals surface area contributed by atoms with E-state index in [9.17, 15) is 23.7 Å². The number of benzene rings is 2. The van der Waals surface area contributed by atoms with Crippen molar-refractivity contribution in [2.75, 3.05) is 11.9 Å². The van der Waals surface area contributed by atoms with Gasteiger partial charge >= 0.3 is 0 Å². The molecule has 0 aliphatic heterocycles. The highest BCUT2D eigenvalue weighted by molar-refractivity contribution is 5.94. The molecule has 8 heteroatoms. The quantitative estimate of drug-likeness (QED) is 0.604. The number of nitrogens with zero attached hydrogens (tertiary/aromatic N) is 1. The Labute approximate surface area is 149 Å². The number of nitro benzene ring substituents is 1. The van der Waals surface area contributed by atoms with E-state index >= 15 is 0 Å². The van der Waals surface area contributed by atoms with Gasteiger partial charge in [0.15, 0.2) is 11.6 Å². The van der Waals surface area contributed by atoms with Gasteiger partial charge in [-0.1, -0.05) is 6.07 Å². The van der Waals surface area contributed by atoms with Crippen LogP contribution in [0.15, 0.2) is 30.3 Å². The van der Waals surface area contributed by atoms with Crippen molar-refractivity contribution in [2.45, 2.75) is 26.8 Å². The molecule has 2 rings (SSSR count). The van der Waals surface area contributed by atoms with Crippen LogP contribution in [0, 0.1) is 35.6 Å². The summed E-state index contributed by atoms with van der Waals surface area (Å²) in [4.78, 5) is 22.7. The summed E-state index contributed by atoms with van der Waals surface area (Å²) in [7, 11) is 0. The van der Waals surface area contributed by atoms with Gasteiger partial charge in [-0.25, -0.2) is 8.78 Å². The zero-order chi connectivity index (χ0) is 19.4. The van der Waals surface area contributed by atoms with Gasteiger partial charge in [0.1, 0.15) is 5.69 Å². The molecule has 0 aliphatic carbocycles. The molecule has 0 spiro atoms. The van der Waals surface area contributed by atoms with Crippen molar-refractivity contribution in [3.05, 3.63) is 68.8 Å². The van der Waals surface area contributed by atoms with Gasteiger partial charge in [-0.05, 0) is 55.7 Å². The largest absolute Gasteiger partial charge is 0.319 e. The van der Waals surface area contributed by atoms with Crippen molar-refractivity contribution in [2.24, 2.45) is 0 Å². The van der Waals surface area contributed by atoms with Crippen LogP contribution in [-0.2, 0) is 4.79 Å². The summed E-state index contributed by atoms with van der Waals surface area (Å²) in [5, 5.41) is 16.5. The first-order chi connectivity index (χ1) is 12.2. The number of amides is 1. The summed E-state index contributed by atoms with van der Waals surface area (Å²) >= 11 is 0. The van der Waals surface area contributed by atoms with Gasteiger partial charge in [-0.3, -0.25) is 14.9 Å². The predicted molar refractivity (Wildman–Crippen MR) is 94.0 cm³/mol. The second kappa shape index (κ2) is 8.01. The van der Waals surface area contributed by atoms with Crippen LogP contribution >= 0.6 is 0 Å². The minimum absolute atomic E-state index is 0.116. The lowest BCUT2D eigenvalue weighted by atomic mass is 10.1. The number of hydrogen-bond acceptors (Lipinski definition) is 4. The van der Waals surface area contributed by atoms with Gasteiger partial charge in [0.25, 0.3) is 5.69 Å². The Morgan fingerprint density at radius 3 is 2.42 bits per heavy atom. The van der Waals surface area contributed by atoms with Gasteiger partial charge in [0, 0.05) is 12.1 Å². The van der Waals surface area contributed by atoms with E-state index in [1.54, 1.807) is 26.8 Å². The fourth-order valence-corrected chi connectivity index (χ4v) is 2.39. The molecule has 0 unspecified atom stereocenters. The number of hydrogen-bond donors (Lipinski definition) is 2. The molecule has 1 amide bonds. The summed E-state index contributed by atoms with van der Waals surface area (Å²) in [6.07, 6.45) is 0. The maximum Gasteiger partial charge on any atom is 0.293 e. The second-order valence-electron chi connectivity index (χ2n) is 6.04. The average Bonchev–Trinajstić information content (AvgIpc) is 2.58. The number of anilines is 1. The van der Waals surface area contributed by atoms with Crippen LogP contribution in [0.2, 0.25) is 0 Å². The fourth-order valence-electron chi connectivity index (χ4n) is 2.39. The van der Waals surface area contributed by atoms with Crippen LogP contribution in [0.25, 0.3) is 0 Å². The number of nitro groups is 1. The molecule has 0 bridgehead atoms. The number of aryl methyl sites for hydroxylation is 2. The summed E-state index contributed by atoms with van der Waals surface area (Å²) in [6.45, 7) is 5.08. The van der Waals surface area contributed by atoms with Crippen molar-refractivity contribution in [1.82, 2.24) is 5.32 Å². The molecule has 2 aromatic carbocycles. The summed E-state index contributed by atoms with van der Waals surface area (Å²) in [5.41, 5.74) is 1.98. The van der Waals surface area contributed by atoms with E-state index in [4.69, 9.17) is 0 Å². The molecule has 0 aromatic heterocycles. The highest BCUT2D eigenvalue weighted by Gasteiger charge is 2.18. The Balaban J connectivity index is 2.04. The van der Waals surface area contributed by atoms with Crippen LogP contribution < -0.4 is 10.6 Å². The number of carbonyl (C=O) groups is 1. The topological polar surface area (TPSA) is 84.3 Å². The zero-order valence-electron chi connectivity index (χ0n) is 14.6. The molecule has 0 radical (unpaired) electrons. The Morgan fingerprint density at radius 2 is 1.81 bits per heavy atom. The monoisotopic (exact) mass is 363 g/mol. The zero-order valence-corrected chi connectivity index (χ0v) is 14.6. The molecule has 6 nitrogen and oxygen atoms in total. The van der Waals surface area contributed by atoms with Gasteiger partial charge in [-0.15, -0.1) is 0 Å². The molecule has 0 heterocycles. The van der Waals surface area contributed by atoms with E-state index in [2.05, 4.69) is 10.6 Å². The van der Waals surface area contributed by atoms with Crippen molar-refractivity contribution in [3.8, 4) is 0 Å². The van der Waals surface area contributed by atoms with Gasteiger partial charge in [0.2, 0.25) is 5.91 Å². The van der Waals surface area contributed by atoms with Crippen molar-refractivity contribution in [1.29, 1.82) is 0 Å². The van der Waals surface area contributed by atoms with E-state index in [-0.39, 0.29) is 17.9 Å². The van der Waals surface area contributed by atoms with Crippen LogP contribution in [0.1, 0.15) is 29.7 Å². The molecule has 0 fully saturated rings.